The van der Waals surface area contributed by atoms with Crippen LogP contribution in [0.3, 0.4) is 0 Å². The molecule has 56 valence electrons. The summed E-state index contributed by atoms with van der Waals surface area (Å²) in [7, 11) is 0. The zero-order valence-corrected chi connectivity index (χ0v) is 6.09. The van der Waals surface area contributed by atoms with Crippen molar-refractivity contribution in [1.82, 2.24) is 0 Å². The number of nitrogens with two attached hydrogens (primary N) is 2. The number of rotatable bonds is 2. The fraction of sp³-hybridized carbons (Fsp3) is 0.500. The highest BCUT2D eigenvalue weighted by atomic mass is 14.7. The van der Waals surface area contributed by atoms with E-state index in [1.807, 2.05) is 18.2 Å². The topological polar surface area (TPSA) is 52.0 Å². The highest BCUT2D eigenvalue weighted by molar-refractivity contribution is 5.19. The van der Waals surface area contributed by atoms with Gasteiger partial charge in [-0.05, 0) is 19.4 Å². The van der Waals surface area contributed by atoms with Crippen LogP contribution < -0.4 is 11.5 Å². The van der Waals surface area contributed by atoms with Crippen molar-refractivity contribution in [1.29, 1.82) is 0 Å². The van der Waals surface area contributed by atoms with Crippen molar-refractivity contribution < 1.29 is 0 Å². The Bertz CT molecular complexity index is 161. The normalized spacial score (nSPS) is 31.0. The lowest BCUT2D eigenvalue weighted by atomic mass is 9.89. The van der Waals surface area contributed by atoms with Crippen LogP contribution in [-0.4, -0.2) is 12.1 Å². The second-order valence-electron chi connectivity index (χ2n) is 2.76. The number of hydrogen-bond acceptors (Lipinski definition) is 2. The fourth-order valence-corrected chi connectivity index (χ4v) is 1.14. The van der Waals surface area contributed by atoms with E-state index in [4.69, 9.17) is 11.5 Å². The molecule has 1 atom stereocenters. The van der Waals surface area contributed by atoms with Crippen molar-refractivity contribution in [2.45, 2.75) is 18.4 Å². The first-order valence-electron chi connectivity index (χ1n) is 3.60. The molecule has 0 bridgehead atoms. The first-order chi connectivity index (χ1) is 4.77. The Hall–Kier alpha value is -0.600. The van der Waals surface area contributed by atoms with Gasteiger partial charge in [0, 0.05) is 5.54 Å². The molecule has 0 aliphatic heterocycles. The summed E-state index contributed by atoms with van der Waals surface area (Å²) < 4.78 is 0. The molecule has 1 unspecified atom stereocenters. The van der Waals surface area contributed by atoms with E-state index in [0.717, 1.165) is 12.8 Å². The zero-order valence-electron chi connectivity index (χ0n) is 6.09. The van der Waals surface area contributed by atoms with Crippen LogP contribution in [0.5, 0.6) is 0 Å². The van der Waals surface area contributed by atoms with Gasteiger partial charge in [-0.1, -0.05) is 24.3 Å². The molecule has 0 heterocycles. The van der Waals surface area contributed by atoms with Gasteiger partial charge in [-0.2, -0.15) is 0 Å². The van der Waals surface area contributed by atoms with Crippen LogP contribution in [0, 0.1) is 0 Å². The molecule has 2 nitrogen and oxygen atoms in total. The van der Waals surface area contributed by atoms with E-state index < -0.39 is 0 Å². The average Bonchev–Trinajstić information content (AvgIpc) is 1.89. The number of hydrogen-bond donors (Lipinski definition) is 2. The van der Waals surface area contributed by atoms with Crippen molar-refractivity contribution >= 4 is 0 Å². The maximum absolute atomic E-state index is 5.95. The fourth-order valence-electron chi connectivity index (χ4n) is 1.14. The summed E-state index contributed by atoms with van der Waals surface area (Å²) in [6.07, 6.45) is 9.89. The first kappa shape index (κ1) is 7.51. The molecule has 1 rings (SSSR count). The Morgan fingerprint density at radius 2 is 2.20 bits per heavy atom. The Kier molecular flexibility index (Phi) is 2.25. The van der Waals surface area contributed by atoms with E-state index in [1.165, 1.54) is 0 Å². The Labute approximate surface area is 61.6 Å². The molecule has 0 radical (unpaired) electrons. The highest BCUT2D eigenvalue weighted by Crippen LogP contribution is 2.17. The summed E-state index contributed by atoms with van der Waals surface area (Å²) in [5.41, 5.74) is 11.2. The van der Waals surface area contributed by atoms with Crippen LogP contribution in [-0.2, 0) is 0 Å². The summed E-state index contributed by atoms with van der Waals surface area (Å²) in [6.45, 7) is 0.661. The molecule has 1 aliphatic rings. The largest absolute Gasteiger partial charge is 0.330 e. The van der Waals surface area contributed by atoms with Gasteiger partial charge in [0.15, 0.2) is 0 Å². The van der Waals surface area contributed by atoms with Crippen LogP contribution in [0.15, 0.2) is 24.3 Å². The van der Waals surface area contributed by atoms with Gasteiger partial charge in [-0.3, -0.25) is 0 Å². The van der Waals surface area contributed by atoms with Gasteiger partial charge >= 0.3 is 0 Å². The quantitative estimate of drug-likeness (QED) is 0.585. The minimum absolute atomic E-state index is 0.163. The maximum atomic E-state index is 5.95. The van der Waals surface area contributed by atoms with Gasteiger partial charge in [0.05, 0.1) is 0 Å². The van der Waals surface area contributed by atoms with Crippen LogP contribution >= 0.6 is 0 Å². The van der Waals surface area contributed by atoms with Crippen LogP contribution in [0.4, 0.5) is 0 Å². The highest BCUT2D eigenvalue weighted by Gasteiger charge is 2.19. The number of allylic oxidation sites excluding steroid dienone is 2. The van der Waals surface area contributed by atoms with E-state index in [-0.39, 0.29) is 5.54 Å². The lowest BCUT2D eigenvalue weighted by molar-refractivity contribution is 0.495. The summed E-state index contributed by atoms with van der Waals surface area (Å²) >= 11 is 0. The van der Waals surface area contributed by atoms with Gasteiger partial charge in [-0.15, -0.1) is 0 Å². The molecule has 0 amide bonds. The average molecular weight is 138 g/mol. The van der Waals surface area contributed by atoms with Crippen molar-refractivity contribution in [3.8, 4) is 0 Å². The van der Waals surface area contributed by atoms with Gasteiger partial charge in [0.25, 0.3) is 0 Å². The molecule has 0 aromatic heterocycles. The zero-order chi connectivity index (χ0) is 7.45. The van der Waals surface area contributed by atoms with Crippen LogP contribution in [0.25, 0.3) is 0 Å². The molecular formula is C8H14N2. The van der Waals surface area contributed by atoms with Crippen molar-refractivity contribution in [3.05, 3.63) is 24.3 Å². The van der Waals surface area contributed by atoms with Crippen LogP contribution in [0.1, 0.15) is 12.8 Å². The molecule has 0 spiro atoms. The monoisotopic (exact) mass is 138 g/mol. The van der Waals surface area contributed by atoms with Crippen LogP contribution in [0.2, 0.25) is 0 Å². The lowest BCUT2D eigenvalue weighted by Gasteiger charge is -2.25. The lowest BCUT2D eigenvalue weighted by Crippen LogP contribution is -2.39. The molecule has 0 fully saturated rings. The molecule has 10 heavy (non-hydrogen) atoms. The SMILES string of the molecule is NCCC1(N)C=CC=CC1. The van der Waals surface area contributed by atoms with Crippen molar-refractivity contribution in [3.63, 3.8) is 0 Å². The third kappa shape index (κ3) is 1.69. The van der Waals surface area contributed by atoms with E-state index in [9.17, 15) is 0 Å². The van der Waals surface area contributed by atoms with Gasteiger partial charge in [-0.25, -0.2) is 0 Å². The summed E-state index contributed by atoms with van der Waals surface area (Å²) in [4.78, 5) is 0. The second-order valence-corrected chi connectivity index (χ2v) is 2.76. The Balaban J connectivity index is 2.52. The summed E-state index contributed by atoms with van der Waals surface area (Å²) in [6, 6.07) is 0. The molecule has 0 aromatic carbocycles. The second kappa shape index (κ2) is 2.99. The van der Waals surface area contributed by atoms with Gasteiger partial charge in [0.1, 0.15) is 0 Å². The standard InChI is InChI=1S/C8H14N2/c9-7-6-8(10)4-2-1-3-5-8/h1-4H,5-7,9-10H2. The van der Waals surface area contributed by atoms with E-state index in [1.54, 1.807) is 0 Å². The molecule has 0 saturated carbocycles. The third-order valence-electron chi connectivity index (χ3n) is 1.78. The van der Waals surface area contributed by atoms with Gasteiger partial charge < -0.3 is 11.5 Å². The summed E-state index contributed by atoms with van der Waals surface area (Å²) in [5.74, 6) is 0. The Morgan fingerprint density at radius 1 is 1.40 bits per heavy atom. The van der Waals surface area contributed by atoms with Crippen molar-refractivity contribution in [2.24, 2.45) is 11.5 Å². The molecule has 0 aromatic rings. The molecule has 4 N–H and O–H groups in total. The molecule has 1 aliphatic carbocycles. The predicted molar refractivity (Wildman–Crippen MR) is 43.5 cm³/mol. The predicted octanol–water partition coefficient (Wildman–Crippen LogP) is 0.549. The molecular weight excluding hydrogens is 124 g/mol. The first-order valence-corrected chi connectivity index (χ1v) is 3.60. The minimum atomic E-state index is -0.163. The smallest absolute Gasteiger partial charge is 0.0389 e. The van der Waals surface area contributed by atoms with Crippen molar-refractivity contribution in [2.75, 3.05) is 6.54 Å². The van der Waals surface area contributed by atoms with E-state index in [0.29, 0.717) is 6.54 Å². The molecule has 0 saturated heterocycles. The Morgan fingerprint density at radius 3 is 2.70 bits per heavy atom. The summed E-state index contributed by atoms with van der Waals surface area (Å²) in [5, 5.41) is 0. The van der Waals surface area contributed by atoms with Gasteiger partial charge in [0.2, 0.25) is 0 Å². The maximum Gasteiger partial charge on any atom is 0.0389 e. The minimum Gasteiger partial charge on any atom is -0.330 e. The third-order valence-corrected chi connectivity index (χ3v) is 1.78. The van der Waals surface area contributed by atoms with E-state index in [2.05, 4.69) is 6.08 Å². The van der Waals surface area contributed by atoms with E-state index >= 15 is 0 Å². The molecule has 2 heteroatoms.